The quantitative estimate of drug-likeness (QED) is 0.814. The van der Waals surface area contributed by atoms with Gasteiger partial charge in [-0.05, 0) is 31.0 Å². The maximum atomic E-state index is 11.8. The third-order valence-electron chi connectivity index (χ3n) is 2.66. The first-order valence-electron chi connectivity index (χ1n) is 6.32. The molecule has 0 fully saturated rings. The van der Waals surface area contributed by atoms with Gasteiger partial charge in [0, 0.05) is 12.5 Å². The number of amides is 1. The number of carbonyl (C=O) groups is 1. The van der Waals surface area contributed by atoms with Gasteiger partial charge in [-0.1, -0.05) is 19.9 Å². The summed E-state index contributed by atoms with van der Waals surface area (Å²) >= 11 is 0. The van der Waals surface area contributed by atoms with Gasteiger partial charge in [0.1, 0.15) is 5.75 Å². The molecule has 0 saturated heterocycles. The number of nitrogens with two attached hydrogens (primary N) is 1. The van der Waals surface area contributed by atoms with Gasteiger partial charge >= 0.3 is 0 Å². The number of aryl methyl sites for hydroxylation is 1. The summed E-state index contributed by atoms with van der Waals surface area (Å²) in [6.45, 7) is 6.81. The van der Waals surface area contributed by atoms with E-state index in [9.17, 15) is 4.79 Å². The Labute approximate surface area is 109 Å². The van der Waals surface area contributed by atoms with Gasteiger partial charge in [0.15, 0.2) is 0 Å². The van der Waals surface area contributed by atoms with Crippen molar-refractivity contribution in [1.29, 1.82) is 0 Å². The second-order valence-corrected chi connectivity index (χ2v) is 4.47. The molecular formula is C14H22N2O2. The third-order valence-corrected chi connectivity index (χ3v) is 2.66. The van der Waals surface area contributed by atoms with Crippen LogP contribution in [0.15, 0.2) is 18.2 Å². The van der Waals surface area contributed by atoms with Crippen molar-refractivity contribution in [1.82, 2.24) is 0 Å². The van der Waals surface area contributed by atoms with Gasteiger partial charge in [-0.3, -0.25) is 4.79 Å². The van der Waals surface area contributed by atoms with Crippen LogP contribution in [0.2, 0.25) is 0 Å². The smallest absolute Gasteiger partial charge is 0.228 e. The first-order chi connectivity index (χ1) is 8.58. The van der Waals surface area contributed by atoms with Crippen LogP contribution < -0.4 is 15.8 Å². The Morgan fingerprint density at radius 2 is 2.22 bits per heavy atom. The molecule has 0 bridgehead atoms. The van der Waals surface area contributed by atoms with Gasteiger partial charge < -0.3 is 15.8 Å². The third kappa shape index (κ3) is 4.04. The van der Waals surface area contributed by atoms with Gasteiger partial charge in [0.2, 0.25) is 5.91 Å². The van der Waals surface area contributed by atoms with Crippen LogP contribution in [0.4, 0.5) is 5.69 Å². The molecule has 0 aliphatic carbocycles. The van der Waals surface area contributed by atoms with Crippen LogP contribution in [-0.2, 0) is 4.79 Å². The van der Waals surface area contributed by atoms with Crippen molar-refractivity contribution in [2.75, 3.05) is 18.5 Å². The monoisotopic (exact) mass is 250 g/mol. The molecule has 0 radical (unpaired) electrons. The van der Waals surface area contributed by atoms with E-state index in [-0.39, 0.29) is 11.8 Å². The number of rotatable bonds is 6. The van der Waals surface area contributed by atoms with Crippen molar-refractivity contribution in [3.8, 4) is 5.75 Å². The molecule has 0 aliphatic rings. The lowest BCUT2D eigenvalue weighted by Crippen LogP contribution is -2.26. The summed E-state index contributed by atoms with van der Waals surface area (Å²) in [5, 5.41) is 2.85. The predicted molar refractivity (Wildman–Crippen MR) is 73.8 cm³/mol. The zero-order valence-electron chi connectivity index (χ0n) is 11.3. The molecule has 18 heavy (non-hydrogen) atoms. The Hall–Kier alpha value is -1.55. The van der Waals surface area contributed by atoms with E-state index in [4.69, 9.17) is 10.5 Å². The fraction of sp³-hybridized carbons (Fsp3) is 0.500. The van der Waals surface area contributed by atoms with Crippen molar-refractivity contribution in [2.24, 2.45) is 11.7 Å². The number of nitrogens with one attached hydrogen (secondary N) is 1. The van der Waals surface area contributed by atoms with E-state index in [1.54, 1.807) is 6.92 Å². The Kier molecular flexibility index (Phi) is 5.65. The van der Waals surface area contributed by atoms with Gasteiger partial charge in [-0.25, -0.2) is 0 Å². The largest absolute Gasteiger partial charge is 0.491 e. The van der Waals surface area contributed by atoms with E-state index >= 15 is 0 Å². The summed E-state index contributed by atoms with van der Waals surface area (Å²) in [5.41, 5.74) is 7.29. The Bertz CT molecular complexity index is 405. The van der Waals surface area contributed by atoms with Crippen molar-refractivity contribution in [3.63, 3.8) is 0 Å². The zero-order chi connectivity index (χ0) is 13.5. The van der Waals surface area contributed by atoms with E-state index in [1.165, 1.54) is 0 Å². The molecule has 4 heteroatoms. The molecule has 3 N–H and O–H groups in total. The summed E-state index contributed by atoms with van der Waals surface area (Å²) in [5.74, 6) is 0.433. The number of carbonyl (C=O) groups excluding carboxylic acids is 1. The molecular weight excluding hydrogens is 228 g/mol. The van der Waals surface area contributed by atoms with E-state index < -0.39 is 0 Å². The SMILES string of the molecule is CCCOc1cc(C)ccc1NC(=O)C(C)CN. The minimum atomic E-state index is -0.203. The highest BCUT2D eigenvalue weighted by Gasteiger charge is 2.13. The molecule has 1 rings (SSSR count). The second kappa shape index (κ2) is 7.01. The van der Waals surface area contributed by atoms with Crippen LogP contribution in [-0.4, -0.2) is 19.1 Å². The second-order valence-electron chi connectivity index (χ2n) is 4.47. The van der Waals surface area contributed by atoms with Crippen molar-refractivity contribution in [2.45, 2.75) is 27.2 Å². The molecule has 1 aromatic carbocycles. The molecule has 1 atom stereocenters. The highest BCUT2D eigenvalue weighted by atomic mass is 16.5. The predicted octanol–water partition coefficient (Wildman–Crippen LogP) is 2.32. The Balaban J connectivity index is 2.83. The van der Waals surface area contributed by atoms with Gasteiger partial charge in [-0.15, -0.1) is 0 Å². The fourth-order valence-electron chi connectivity index (χ4n) is 1.43. The minimum Gasteiger partial charge on any atom is -0.491 e. The minimum absolute atomic E-state index is 0.0808. The van der Waals surface area contributed by atoms with Crippen molar-refractivity contribution < 1.29 is 9.53 Å². The molecule has 0 spiro atoms. The lowest BCUT2D eigenvalue weighted by molar-refractivity contribution is -0.119. The van der Waals surface area contributed by atoms with Crippen LogP contribution in [0.1, 0.15) is 25.8 Å². The zero-order valence-corrected chi connectivity index (χ0v) is 11.3. The van der Waals surface area contributed by atoms with E-state index in [1.807, 2.05) is 32.0 Å². The van der Waals surface area contributed by atoms with Gasteiger partial charge in [0.05, 0.1) is 12.3 Å². The summed E-state index contributed by atoms with van der Waals surface area (Å²) in [7, 11) is 0. The summed E-state index contributed by atoms with van der Waals surface area (Å²) < 4.78 is 5.64. The lowest BCUT2D eigenvalue weighted by atomic mass is 10.1. The lowest BCUT2D eigenvalue weighted by Gasteiger charge is -2.15. The van der Waals surface area contributed by atoms with Crippen LogP contribution in [0, 0.1) is 12.8 Å². The molecule has 100 valence electrons. The average Bonchev–Trinajstić information content (AvgIpc) is 2.37. The van der Waals surface area contributed by atoms with Crippen LogP contribution >= 0.6 is 0 Å². The normalized spacial score (nSPS) is 12.0. The average molecular weight is 250 g/mol. The van der Waals surface area contributed by atoms with Crippen LogP contribution in [0.5, 0.6) is 5.75 Å². The van der Waals surface area contributed by atoms with E-state index in [2.05, 4.69) is 5.32 Å². The molecule has 1 amide bonds. The standard InChI is InChI=1S/C14H22N2O2/c1-4-7-18-13-8-10(2)5-6-12(13)16-14(17)11(3)9-15/h5-6,8,11H,4,7,9,15H2,1-3H3,(H,16,17). The highest BCUT2D eigenvalue weighted by molar-refractivity contribution is 5.93. The number of anilines is 1. The molecule has 0 aliphatic heterocycles. The molecule has 4 nitrogen and oxygen atoms in total. The fourth-order valence-corrected chi connectivity index (χ4v) is 1.43. The molecule has 0 aromatic heterocycles. The van der Waals surface area contributed by atoms with Crippen molar-refractivity contribution in [3.05, 3.63) is 23.8 Å². The Morgan fingerprint density at radius 1 is 1.50 bits per heavy atom. The van der Waals surface area contributed by atoms with Crippen LogP contribution in [0.25, 0.3) is 0 Å². The number of hydrogen-bond donors (Lipinski definition) is 2. The van der Waals surface area contributed by atoms with Crippen molar-refractivity contribution >= 4 is 11.6 Å². The molecule has 1 aromatic rings. The van der Waals surface area contributed by atoms with Crippen LogP contribution in [0.3, 0.4) is 0 Å². The molecule has 1 unspecified atom stereocenters. The summed E-state index contributed by atoms with van der Waals surface area (Å²) in [4.78, 5) is 11.8. The number of benzene rings is 1. The Morgan fingerprint density at radius 3 is 2.83 bits per heavy atom. The summed E-state index contributed by atoms with van der Waals surface area (Å²) in [6.07, 6.45) is 0.931. The maximum absolute atomic E-state index is 11.8. The van der Waals surface area contributed by atoms with E-state index in [0.717, 1.165) is 17.7 Å². The van der Waals surface area contributed by atoms with E-state index in [0.29, 0.717) is 18.8 Å². The molecule has 0 saturated carbocycles. The van der Waals surface area contributed by atoms with Gasteiger partial charge in [0.25, 0.3) is 0 Å². The maximum Gasteiger partial charge on any atom is 0.228 e. The van der Waals surface area contributed by atoms with Gasteiger partial charge in [-0.2, -0.15) is 0 Å². The summed E-state index contributed by atoms with van der Waals surface area (Å²) in [6, 6.07) is 5.74. The highest BCUT2D eigenvalue weighted by Crippen LogP contribution is 2.26. The molecule has 0 heterocycles. The topological polar surface area (TPSA) is 64.3 Å². The number of ether oxygens (including phenoxy) is 1. The first kappa shape index (κ1) is 14.5. The first-order valence-corrected chi connectivity index (χ1v) is 6.32. The number of hydrogen-bond acceptors (Lipinski definition) is 3.